The molecule has 23 heavy (non-hydrogen) atoms. The molecule has 0 atom stereocenters. The number of hydrogen-bond donors (Lipinski definition) is 1. The zero-order valence-corrected chi connectivity index (χ0v) is 13.5. The number of ether oxygens (including phenoxy) is 2. The summed E-state index contributed by atoms with van der Waals surface area (Å²) in [5, 5.41) is 0.869. The summed E-state index contributed by atoms with van der Waals surface area (Å²) < 4.78 is 16.3. The zero-order valence-electron chi connectivity index (χ0n) is 12.7. The lowest BCUT2D eigenvalue weighted by molar-refractivity contribution is 0.394. The van der Waals surface area contributed by atoms with Crippen molar-refractivity contribution in [3.05, 3.63) is 52.7 Å². The second-order valence-corrected chi connectivity index (χ2v) is 5.88. The fourth-order valence-corrected chi connectivity index (χ4v) is 3.10. The van der Waals surface area contributed by atoms with Crippen LogP contribution in [-0.2, 0) is 0 Å². The average Bonchev–Trinajstić information content (AvgIpc) is 2.53. The van der Waals surface area contributed by atoms with Crippen LogP contribution in [0.25, 0.3) is 11.0 Å². The molecule has 2 aromatic carbocycles. The van der Waals surface area contributed by atoms with Gasteiger partial charge in [0.15, 0.2) is 10.5 Å². The highest BCUT2D eigenvalue weighted by atomic mass is 32.2. The molecule has 0 aliphatic heterocycles. The van der Waals surface area contributed by atoms with Crippen LogP contribution in [-0.4, -0.2) is 14.2 Å². The molecule has 0 saturated carbocycles. The van der Waals surface area contributed by atoms with Crippen LogP contribution >= 0.6 is 11.8 Å². The van der Waals surface area contributed by atoms with E-state index in [-0.39, 0.29) is 5.43 Å². The Morgan fingerprint density at radius 2 is 1.91 bits per heavy atom. The Labute approximate surface area is 137 Å². The van der Waals surface area contributed by atoms with Crippen LogP contribution in [0.5, 0.6) is 11.5 Å². The molecule has 2 N–H and O–H groups in total. The van der Waals surface area contributed by atoms with Crippen molar-refractivity contribution in [1.82, 2.24) is 0 Å². The normalized spacial score (nSPS) is 10.7. The molecule has 1 heterocycles. The first-order valence-electron chi connectivity index (χ1n) is 6.84. The van der Waals surface area contributed by atoms with Crippen LogP contribution in [0.3, 0.4) is 0 Å². The van der Waals surface area contributed by atoms with Crippen molar-refractivity contribution in [2.45, 2.75) is 9.99 Å². The Bertz CT molecular complexity index is 920. The lowest BCUT2D eigenvalue weighted by atomic mass is 10.2. The number of benzene rings is 2. The minimum atomic E-state index is -0.169. The maximum absolute atomic E-state index is 12.4. The van der Waals surface area contributed by atoms with Crippen LogP contribution in [0.2, 0.25) is 0 Å². The SMILES string of the molecule is COc1cc(OC)c2c(=O)cc(Sc3cccc(N)c3)oc2c1. The van der Waals surface area contributed by atoms with Gasteiger partial charge in [-0.3, -0.25) is 4.79 Å². The van der Waals surface area contributed by atoms with Crippen molar-refractivity contribution in [1.29, 1.82) is 0 Å². The standard InChI is InChI=1S/C17H15NO4S/c1-20-11-7-14(21-2)17-13(19)9-16(22-15(17)8-11)23-12-5-3-4-10(18)6-12/h3-9H,18H2,1-2H3. The van der Waals surface area contributed by atoms with E-state index in [2.05, 4.69) is 0 Å². The predicted octanol–water partition coefficient (Wildman–Crippen LogP) is 3.54. The molecule has 118 valence electrons. The highest BCUT2D eigenvalue weighted by Gasteiger charge is 2.13. The summed E-state index contributed by atoms with van der Waals surface area (Å²) in [6.07, 6.45) is 0. The molecule has 0 unspecified atom stereocenters. The van der Waals surface area contributed by atoms with Gasteiger partial charge in [-0.1, -0.05) is 17.8 Å². The summed E-state index contributed by atoms with van der Waals surface area (Å²) in [6.45, 7) is 0. The van der Waals surface area contributed by atoms with Crippen molar-refractivity contribution in [2.24, 2.45) is 0 Å². The summed E-state index contributed by atoms with van der Waals surface area (Å²) in [5.41, 5.74) is 6.67. The number of methoxy groups -OCH3 is 2. The molecule has 0 radical (unpaired) electrons. The predicted molar refractivity (Wildman–Crippen MR) is 90.6 cm³/mol. The van der Waals surface area contributed by atoms with Crippen molar-refractivity contribution in [3.63, 3.8) is 0 Å². The molecule has 0 spiro atoms. The number of nitrogen functional groups attached to an aromatic ring is 1. The second-order valence-electron chi connectivity index (χ2n) is 4.81. The van der Waals surface area contributed by atoms with E-state index in [4.69, 9.17) is 19.6 Å². The van der Waals surface area contributed by atoms with E-state index in [0.717, 1.165) is 4.90 Å². The van der Waals surface area contributed by atoms with Gasteiger partial charge in [0, 0.05) is 28.8 Å². The van der Waals surface area contributed by atoms with E-state index in [1.54, 1.807) is 25.3 Å². The summed E-state index contributed by atoms with van der Waals surface area (Å²) >= 11 is 1.33. The van der Waals surface area contributed by atoms with E-state index < -0.39 is 0 Å². The number of anilines is 1. The Morgan fingerprint density at radius 1 is 1.09 bits per heavy atom. The molecule has 0 aliphatic carbocycles. The molecule has 0 bridgehead atoms. The molecule has 1 aromatic heterocycles. The Balaban J connectivity index is 2.11. The van der Waals surface area contributed by atoms with Gasteiger partial charge in [-0.2, -0.15) is 0 Å². The van der Waals surface area contributed by atoms with Gasteiger partial charge in [0.2, 0.25) is 0 Å². The third-order valence-electron chi connectivity index (χ3n) is 3.28. The number of rotatable bonds is 4. The highest BCUT2D eigenvalue weighted by Crippen LogP contribution is 2.34. The monoisotopic (exact) mass is 329 g/mol. The maximum Gasteiger partial charge on any atom is 0.197 e. The molecule has 3 aromatic rings. The Kier molecular flexibility index (Phi) is 4.16. The molecular formula is C17H15NO4S. The van der Waals surface area contributed by atoms with Gasteiger partial charge in [0.05, 0.1) is 14.2 Å². The Hall–Kier alpha value is -2.60. The van der Waals surface area contributed by atoms with E-state index in [0.29, 0.717) is 33.2 Å². The van der Waals surface area contributed by atoms with Crippen LogP contribution in [0, 0.1) is 0 Å². The highest BCUT2D eigenvalue weighted by molar-refractivity contribution is 7.99. The van der Waals surface area contributed by atoms with Crippen molar-refractivity contribution in [3.8, 4) is 11.5 Å². The summed E-state index contributed by atoms with van der Waals surface area (Å²) in [6, 6.07) is 12.1. The van der Waals surface area contributed by atoms with Crippen molar-refractivity contribution < 1.29 is 13.9 Å². The number of nitrogens with two attached hydrogens (primary N) is 1. The molecule has 0 saturated heterocycles. The first-order valence-corrected chi connectivity index (χ1v) is 7.65. The molecule has 0 aliphatic rings. The number of fused-ring (bicyclic) bond motifs is 1. The smallest absolute Gasteiger partial charge is 0.197 e. The second kappa shape index (κ2) is 6.26. The minimum Gasteiger partial charge on any atom is -0.496 e. The van der Waals surface area contributed by atoms with Crippen LogP contribution in [0.15, 0.2) is 61.7 Å². The van der Waals surface area contributed by atoms with Crippen LogP contribution in [0.1, 0.15) is 0 Å². The molecular weight excluding hydrogens is 314 g/mol. The lowest BCUT2D eigenvalue weighted by Crippen LogP contribution is -2.03. The van der Waals surface area contributed by atoms with E-state index >= 15 is 0 Å². The molecule has 3 rings (SSSR count). The van der Waals surface area contributed by atoms with Gasteiger partial charge in [-0.15, -0.1) is 0 Å². The number of hydrogen-bond acceptors (Lipinski definition) is 6. The van der Waals surface area contributed by atoms with E-state index in [1.807, 2.05) is 18.2 Å². The molecule has 0 amide bonds. The topological polar surface area (TPSA) is 74.7 Å². The summed E-state index contributed by atoms with van der Waals surface area (Å²) in [7, 11) is 3.05. The lowest BCUT2D eigenvalue weighted by Gasteiger charge is -2.09. The van der Waals surface area contributed by atoms with Gasteiger partial charge in [0.1, 0.15) is 22.5 Å². The fraction of sp³-hybridized carbons (Fsp3) is 0.118. The molecule has 0 fully saturated rings. The van der Waals surface area contributed by atoms with Crippen LogP contribution in [0.4, 0.5) is 5.69 Å². The fourth-order valence-electron chi connectivity index (χ4n) is 2.23. The van der Waals surface area contributed by atoms with Gasteiger partial charge in [0.25, 0.3) is 0 Å². The molecule has 6 heteroatoms. The van der Waals surface area contributed by atoms with Gasteiger partial charge in [-0.05, 0) is 18.2 Å². The van der Waals surface area contributed by atoms with Crippen molar-refractivity contribution >= 4 is 28.4 Å². The summed E-state index contributed by atoms with van der Waals surface area (Å²) in [5.74, 6) is 0.984. The average molecular weight is 329 g/mol. The maximum atomic E-state index is 12.4. The van der Waals surface area contributed by atoms with Crippen LogP contribution < -0.4 is 20.6 Å². The third-order valence-corrected chi connectivity index (χ3v) is 4.17. The van der Waals surface area contributed by atoms with E-state index in [1.165, 1.54) is 24.9 Å². The molecule has 5 nitrogen and oxygen atoms in total. The van der Waals surface area contributed by atoms with E-state index in [9.17, 15) is 4.79 Å². The zero-order chi connectivity index (χ0) is 16.4. The first kappa shape index (κ1) is 15.3. The van der Waals surface area contributed by atoms with Gasteiger partial charge in [-0.25, -0.2) is 0 Å². The van der Waals surface area contributed by atoms with Gasteiger partial charge >= 0.3 is 0 Å². The quantitative estimate of drug-likeness (QED) is 0.738. The minimum absolute atomic E-state index is 0.169. The van der Waals surface area contributed by atoms with Crippen molar-refractivity contribution in [2.75, 3.05) is 20.0 Å². The summed E-state index contributed by atoms with van der Waals surface area (Å²) in [4.78, 5) is 13.3. The van der Waals surface area contributed by atoms with Gasteiger partial charge < -0.3 is 19.6 Å². The largest absolute Gasteiger partial charge is 0.496 e. The first-order chi connectivity index (χ1) is 11.1. The Morgan fingerprint density at radius 3 is 2.61 bits per heavy atom. The third kappa shape index (κ3) is 3.12.